The Morgan fingerprint density at radius 3 is 2.02 bits per heavy atom. The average Bonchev–Trinajstić information content (AvgIpc) is 3.44. The molecule has 2 aromatic heterocycles. The van der Waals surface area contributed by atoms with Gasteiger partial charge in [-0.1, -0.05) is 127 Å². The number of hydrogen-bond acceptors (Lipinski definition) is 5. The molecule has 3 aromatic carbocycles. The van der Waals surface area contributed by atoms with Gasteiger partial charge in [-0.25, -0.2) is 4.98 Å². The molecule has 49 heavy (non-hydrogen) atoms. The summed E-state index contributed by atoms with van der Waals surface area (Å²) in [7, 11) is -2.91. The summed E-state index contributed by atoms with van der Waals surface area (Å²) in [4.78, 5) is 21.6. The van der Waals surface area contributed by atoms with Gasteiger partial charge in [0.15, 0.2) is 5.78 Å². The Labute approximate surface area is 314 Å². The van der Waals surface area contributed by atoms with Crippen molar-refractivity contribution >= 4 is 74.7 Å². The van der Waals surface area contributed by atoms with Gasteiger partial charge in [0.05, 0.1) is 21.7 Å². The minimum absolute atomic E-state index is 0. The molecule has 265 valence electrons. The van der Waals surface area contributed by atoms with E-state index < -0.39 is 16.1 Å². The Bertz CT molecular complexity index is 1960. The molecule has 5 aromatic rings. The molecule has 0 aliphatic carbocycles. The molecule has 0 amide bonds. The van der Waals surface area contributed by atoms with Gasteiger partial charge in [0.1, 0.15) is 12.1 Å². The van der Waals surface area contributed by atoms with Crippen molar-refractivity contribution in [2.45, 2.75) is 107 Å². The number of carbonyl (C=O) groups is 1. The van der Waals surface area contributed by atoms with Crippen LogP contribution in [0.5, 0.6) is 0 Å². The van der Waals surface area contributed by atoms with Gasteiger partial charge in [0.25, 0.3) is 0 Å². The Morgan fingerprint density at radius 2 is 1.45 bits per heavy atom. The van der Waals surface area contributed by atoms with Gasteiger partial charge in [0, 0.05) is 57.5 Å². The molecule has 0 aliphatic heterocycles. The zero-order valence-corrected chi connectivity index (χ0v) is 36.8. The van der Waals surface area contributed by atoms with Crippen LogP contribution in [0.4, 0.5) is 0 Å². The minimum Gasteiger partial charge on any atom is -0.512 e. The molecule has 0 saturated heterocycles. The maximum atomic E-state index is 12.2. The smallest absolute Gasteiger partial charge is 0.164 e. The summed E-state index contributed by atoms with van der Waals surface area (Å²) in [6.07, 6.45) is 6.47. The second kappa shape index (κ2) is 15.8. The first-order valence-electron chi connectivity index (χ1n) is 17.5. The predicted molar refractivity (Wildman–Crippen MR) is 216 cm³/mol. The minimum atomic E-state index is -1.55. The van der Waals surface area contributed by atoms with Crippen LogP contribution >= 0.6 is 11.3 Å². The summed E-state index contributed by atoms with van der Waals surface area (Å²) in [5.74, 6) is 0.286. The number of aliphatic hydroxyl groups excluding tert-OH is 1. The Kier molecular flexibility index (Phi) is 13.2. The Morgan fingerprint density at radius 1 is 0.837 bits per heavy atom. The van der Waals surface area contributed by atoms with Crippen molar-refractivity contribution in [1.29, 1.82) is 0 Å². The molecule has 0 atom stereocenters. The van der Waals surface area contributed by atoms with E-state index in [1.165, 1.54) is 42.0 Å². The molecule has 0 unspecified atom stereocenters. The first-order chi connectivity index (χ1) is 22.4. The van der Waals surface area contributed by atoms with Crippen LogP contribution in [0.25, 0.3) is 42.3 Å². The van der Waals surface area contributed by atoms with Crippen LogP contribution < -0.4 is 10.4 Å². The van der Waals surface area contributed by atoms with Crippen LogP contribution in [0.3, 0.4) is 0 Å². The number of aliphatic hydroxyl groups is 1. The van der Waals surface area contributed by atoms with Crippen molar-refractivity contribution in [1.82, 2.24) is 9.97 Å². The SMILES string of the molecule is CCC(C)(CC)C(=O)/C=C(\O)C(C)(CC)CC.C[Si](C)(C)c1ccc2c(c1)sc1c(-c3[c-]c4ccccc4c([Si](C)(C)C)c3)ncnc12.[Ir]. The fraction of sp³-hybridized carbons (Fsp3) is 0.439. The van der Waals surface area contributed by atoms with E-state index in [2.05, 4.69) is 98.9 Å². The molecule has 2 heterocycles. The molecule has 0 spiro atoms. The molecule has 4 nitrogen and oxygen atoms in total. The molecule has 8 heteroatoms. The number of nitrogens with zero attached hydrogens (tertiary/aromatic N) is 2. The summed E-state index contributed by atoms with van der Waals surface area (Å²) in [6, 6.07) is 21.6. The maximum Gasteiger partial charge on any atom is 0.164 e. The van der Waals surface area contributed by atoms with E-state index in [0.717, 1.165) is 42.5 Å². The molecule has 0 saturated carbocycles. The van der Waals surface area contributed by atoms with Crippen LogP contribution in [-0.2, 0) is 24.9 Å². The van der Waals surface area contributed by atoms with Gasteiger partial charge in [0.2, 0.25) is 0 Å². The van der Waals surface area contributed by atoms with Gasteiger partial charge in [-0.3, -0.25) is 9.78 Å². The van der Waals surface area contributed by atoms with E-state index >= 15 is 0 Å². The summed E-state index contributed by atoms with van der Waals surface area (Å²) >= 11 is 1.82. The van der Waals surface area contributed by atoms with Crippen molar-refractivity contribution in [2.24, 2.45) is 10.8 Å². The van der Waals surface area contributed by atoms with Crippen LogP contribution in [0.1, 0.15) is 67.2 Å². The van der Waals surface area contributed by atoms with Crippen LogP contribution in [0.15, 0.2) is 66.7 Å². The maximum absolute atomic E-state index is 12.2. The van der Waals surface area contributed by atoms with Gasteiger partial charge >= 0.3 is 0 Å². The number of hydrogen-bond donors (Lipinski definition) is 1. The summed E-state index contributed by atoms with van der Waals surface area (Å²) in [5, 5.41) is 16.8. The van der Waals surface area contributed by atoms with Crippen molar-refractivity contribution in [3.63, 3.8) is 0 Å². The van der Waals surface area contributed by atoms with Crippen LogP contribution in [0.2, 0.25) is 39.3 Å². The zero-order chi connectivity index (χ0) is 35.7. The number of benzene rings is 3. The van der Waals surface area contributed by atoms with E-state index in [1.54, 1.807) is 6.33 Å². The van der Waals surface area contributed by atoms with E-state index in [0.29, 0.717) is 0 Å². The number of aromatic nitrogens is 2. The van der Waals surface area contributed by atoms with E-state index in [4.69, 9.17) is 4.98 Å². The summed E-state index contributed by atoms with van der Waals surface area (Å²) in [5.41, 5.74) is 2.55. The van der Waals surface area contributed by atoms with Crippen molar-refractivity contribution in [2.75, 3.05) is 0 Å². The van der Waals surface area contributed by atoms with Crippen molar-refractivity contribution in [3.8, 4) is 11.3 Å². The largest absolute Gasteiger partial charge is 0.512 e. The van der Waals surface area contributed by atoms with E-state index in [9.17, 15) is 9.90 Å². The quantitative estimate of drug-likeness (QED) is 0.0657. The Balaban J connectivity index is 0.000000312. The molecule has 1 radical (unpaired) electrons. The molecule has 0 aliphatic rings. The summed E-state index contributed by atoms with van der Waals surface area (Å²) in [6.45, 7) is 26.5. The molecule has 0 bridgehead atoms. The normalized spacial score (nSPS) is 12.9. The molecular formula is C41H55IrN2O2SSi2-. The third-order valence-electron chi connectivity index (χ3n) is 10.6. The molecule has 0 fully saturated rings. The number of rotatable bonds is 10. The number of fused-ring (bicyclic) bond motifs is 4. The van der Waals surface area contributed by atoms with Crippen LogP contribution in [0, 0.1) is 16.9 Å². The first kappa shape index (κ1) is 40.9. The van der Waals surface area contributed by atoms with Gasteiger partial charge < -0.3 is 5.11 Å². The van der Waals surface area contributed by atoms with Gasteiger partial charge in [-0.15, -0.1) is 40.1 Å². The van der Waals surface area contributed by atoms with Gasteiger partial charge in [-0.2, -0.15) is 0 Å². The van der Waals surface area contributed by atoms with E-state index in [-0.39, 0.29) is 42.5 Å². The third-order valence-corrected chi connectivity index (χ3v) is 15.8. The number of carbonyl (C=O) groups excluding carboxylic acids is 1. The van der Waals surface area contributed by atoms with Crippen molar-refractivity contribution < 1.29 is 30.0 Å². The van der Waals surface area contributed by atoms with Crippen molar-refractivity contribution in [3.05, 3.63) is 72.8 Å². The average molecular weight is 888 g/mol. The fourth-order valence-corrected chi connectivity index (χ4v) is 9.96. The second-order valence-corrected chi connectivity index (χ2v) is 27.0. The van der Waals surface area contributed by atoms with Crippen LogP contribution in [-0.4, -0.2) is 37.0 Å². The monoisotopic (exact) mass is 888 g/mol. The molecular weight excluding hydrogens is 833 g/mol. The number of thiophene rings is 1. The molecule has 1 N–H and O–H groups in total. The first-order valence-corrected chi connectivity index (χ1v) is 25.3. The van der Waals surface area contributed by atoms with Gasteiger partial charge in [-0.05, 0) is 31.7 Å². The standard InChI is InChI=1S/C26H27N2SSi2.C15H28O2.Ir/c1-30(2,3)19-11-12-21-22(15-19)29-26-24(27-16-28-25(21)26)18-13-17-9-7-8-10-20(17)23(14-18)31(4,5)6;1-7-14(5,8-2)12(16)11-13(17)15(6,9-3)10-4;/h7-12,14-16H,1-6H3;11,16H,7-10H2,1-6H3;/q-1;;/b;12-11-;. The summed E-state index contributed by atoms with van der Waals surface area (Å²) < 4.78 is 2.47. The number of ketones is 1. The zero-order valence-electron chi connectivity index (χ0n) is 31.6. The number of allylic oxidation sites excluding steroid dienone is 2. The second-order valence-electron chi connectivity index (χ2n) is 15.8. The van der Waals surface area contributed by atoms with E-state index in [1.807, 2.05) is 52.9 Å². The Hall–Kier alpha value is -2.49. The topological polar surface area (TPSA) is 63.1 Å². The third kappa shape index (κ3) is 8.70. The molecule has 5 rings (SSSR count). The fourth-order valence-electron chi connectivity index (χ4n) is 5.89. The predicted octanol–water partition coefficient (Wildman–Crippen LogP) is 11.2.